The molecule has 0 aliphatic carbocycles. The lowest BCUT2D eigenvalue weighted by Gasteiger charge is -2.25. The number of ether oxygens (including phenoxy) is 2. The van der Waals surface area contributed by atoms with Crippen LogP contribution in [-0.4, -0.2) is 49.5 Å². The van der Waals surface area contributed by atoms with Gasteiger partial charge in [-0.1, -0.05) is 24.3 Å². The Labute approximate surface area is 185 Å². The van der Waals surface area contributed by atoms with Crippen LogP contribution in [0.2, 0.25) is 0 Å². The van der Waals surface area contributed by atoms with E-state index in [1.54, 1.807) is 20.3 Å². The largest absolute Gasteiger partial charge is 0.493 e. The molecule has 0 aliphatic rings. The molecule has 0 bridgehead atoms. The quantitative estimate of drug-likeness (QED) is 0.541. The predicted molar refractivity (Wildman–Crippen MR) is 121 cm³/mol. The minimum Gasteiger partial charge on any atom is -0.493 e. The molecule has 0 aliphatic heterocycles. The van der Waals surface area contributed by atoms with Crippen LogP contribution in [0.1, 0.15) is 42.0 Å². The van der Waals surface area contributed by atoms with E-state index in [0.717, 1.165) is 43.0 Å². The lowest BCUT2D eigenvalue weighted by Crippen LogP contribution is -2.26. The Morgan fingerprint density at radius 2 is 1.68 bits per heavy atom. The van der Waals surface area contributed by atoms with Crippen molar-refractivity contribution in [2.45, 2.75) is 44.8 Å². The molecule has 168 valence electrons. The molecule has 2 aromatic carbocycles. The van der Waals surface area contributed by atoms with E-state index >= 15 is 0 Å². The van der Waals surface area contributed by atoms with Gasteiger partial charge in [0.05, 0.1) is 38.9 Å². The van der Waals surface area contributed by atoms with Crippen LogP contribution in [0, 0.1) is 11.3 Å². The average Bonchev–Trinajstić information content (AvgIpc) is 2.81. The molecule has 0 saturated heterocycles. The van der Waals surface area contributed by atoms with E-state index in [-0.39, 0.29) is 13.2 Å². The standard InChI is InChI=1S/C25H34N2O4/c1-25(18-26,22-8-7-20(16-28)21(15-22)17-29)11-5-12-27(2)13-10-19-6-9-23(30-3)24(14-19)31-4/h6-9,14-15,28-29H,5,10-13,16-17H2,1-4H3. The number of hydrogen-bond donors (Lipinski definition) is 2. The molecule has 2 aromatic rings. The molecule has 0 amide bonds. The summed E-state index contributed by atoms with van der Waals surface area (Å²) in [4.78, 5) is 2.27. The maximum absolute atomic E-state index is 9.84. The second kappa shape index (κ2) is 11.7. The highest BCUT2D eigenvalue weighted by molar-refractivity contribution is 5.43. The van der Waals surface area contributed by atoms with Crippen molar-refractivity contribution in [1.29, 1.82) is 5.26 Å². The first-order valence-electron chi connectivity index (χ1n) is 10.6. The highest BCUT2D eigenvalue weighted by Gasteiger charge is 2.27. The molecule has 31 heavy (non-hydrogen) atoms. The summed E-state index contributed by atoms with van der Waals surface area (Å²) in [6.45, 7) is 3.45. The van der Waals surface area contributed by atoms with Gasteiger partial charge in [-0.25, -0.2) is 0 Å². The first-order valence-corrected chi connectivity index (χ1v) is 10.6. The minimum absolute atomic E-state index is 0.121. The summed E-state index contributed by atoms with van der Waals surface area (Å²) >= 11 is 0. The number of benzene rings is 2. The van der Waals surface area contributed by atoms with Crippen molar-refractivity contribution >= 4 is 0 Å². The summed E-state index contributed by atoms with van der Waals surface area (Å²) in [5, 5.41) is 28.8. The summed E-state index contributed by atoms with van der Waals surface area (Å²) in [6, 6.07) is 14.0. The molecule has 0 fully saturated rings. The number of hydrogen-bond acceptors (Lipinski definition) is 6. The van der Waals surface area contributed by atoms with E-state index in [4.69, 9.17) is 9.47 Å². The monoisotopic (exact) mass is 426 g/mol. The van der Waals surface area contributed by atoms with Crippen molar-refractivity contribution in [3.05, 3.63) is 58.7 Å². The van der Waals surface area contributed by atoms with Crippen LogP contribution in [-0.2, 0) is 25.0 Å². The van der Waals surface area contributed by atoms with Gasteiger partial charge in [0.2, 0.25) is 0 Å². The first kappa shape index (κ1) is 24.7. The summed E-state index contributed by atoms with van der Waals surface area (Å²) in [5.74, 6) is 1.47. The van der Waals surface area contributed by atoms with Gasteiger partial charge in [-0.05, 0) is 74.2 Å². The van der Waals surface area contributed by atoms with Gasteiger partial charge in [-0.15, -0.1) is 0 Å². The van der Waals surface area contributed by atoms with Crippen LogP contribution >= 0.6 is 0 Å². The number of likely N-dealkylation sites (N-methyl/N-ethyl adjacent to an activating group) is 1. The SMILES string of the molecule is COc1ccc(CCN(C)CCCC(C)(C#N)c2ccc(CO)c(CO)c2)cc1OC. The van der Waals surface area contributed by atoms with Crippen LogP contribution < -0.4 is 9.47 Å². The zero-order valence-electron chi connectivity index (χ0n) is 19.0. The molecular weight excluding hydrogens is 392 g/mol. The fraction of sp³-hybridized carbons (Fsp3) is 0.480. The zero-order chi connectivity index (χ0) is 22.9. The fourth-order valence-corrected chi connectivity index (χ4v) is 3.71. The molecule has 2 N–H and O–H groups in total. The van der Waals surface area contributed by atoms with E-state index in [1.807, 2.05) is 31.2 Å². The number of rotatable bonds is 12. The van der Waals surface area contributed by atoms with Crippen LogP contribution in [0.4, 0.5) is 0 Å². The number of aliphatic hydroxyl groups excluding tert-OH is 2. The first-order chi connectivity index (χ1) is 14.9. The maximum Gasteiger partial charge on any atom is 0.160 e. The number of aliphatic hydroxyl groups is 2. The lowest BCUT2D eigenvalue weighted by molar-refractivity contribution is 0.259. The Kier molecular flexibility index (Phi) is 9.32. The number of nitriles is 1. The van der Waals surface area contributed by atoms with Crippen molar-refractivity contribution < 1.29 is 19.7 Å². The van der Waals surface area contributed by atoms with Gasteiger partial charge in [0.15, 0.2) is 11.5 Å². The second-order valence-electron chi connectivity index (χ2n) is 8.09. The Hall–Kier alpha value is -2.59. The van der Waals surface area contributed by atoms with Gasteiger partial charge in [0.25, 0.3) is 0 Å². The van der Waals surface area contributed by atoms with Crippen molar-refractivity contribution in [3.63, 3.8) is 0 Å². The van der Waals surface area contributed by atoms with E-state index in [1.165, 1.54) is 5.56 Å². The molecule has 0 spiro atoms. The molecule has 1 atom stereocenters. The van der Waals surface area contributed by atoms with Crippen LogP contribution in [0.25, 0.3) is 0 Å². The van der Waals surface area contributed by atoms with Crippen LogP contribution in [0.15, 0.2) is 36.4 Å². The normalized spacial score (nSPS) is 13.0. The summed E-state index contributed by atoms with van der Waals surface area (Å²) in [5.41, 5.74) is 2.80. The molecular formula is C25H34N2O4. The smallest absolute Gasteiger partial charge is 0.160 e. The number of nitrogens with zero attached hydrogens (tertiary/aromatic N) is 2. The van der Waals surface area contributed by atoms with Gasteiger partial charge in [0.1, 0.15) is 0 Å². The minimum atomic E-state index is -0.637. The van der Waals surface area contributed by atoms with E-state index in [2.05, 4.69) is 24.1 Å². The molecule has 6 heteroatoms. The van der Waals surface area contributed by atoms with Crippen LogP contribution in [0.3, 0.4) is 0 Å². The highest BCUT2D eigenvalue weighted by Crippen LogP contribution is 2.30. The topological polar surface area (TPSA) is 86.0 Å². The van der Waals surface area contributed by atoms with Gasteiger partial charge in [0, 0.05) is 6.54 Å². The van der Waals surface area contributed by atoms with Gasteiger partial charge in [-0.3, -0.25) is 0 Å². The van der Waals surface area contributed by atoms with E-state index in [0.29, 0.717) is 17.5 Å². The maximum atomic E-state index is 9.84. The molecule has 0 radical (unpaired) electrons. The summed E-state index contributed by atoms with van der Waals surface area (Å²) < 4.78 is 10.7. The third-order valence-corrected chi connectivity index (χ3v) is 5.88. The molecule has 1 unspecified atom stereocenters. The third kappa shape index (κ3) is 6.44. The van der Waals surface area contributed by atoms with Crippen molar-refractivity contribution in [1.82, 2.24) is 4.90 Å². The highest BCUT2D eigenvalue weighted by atomic mass is 16.5. The Morgan fingerprint density at radius 1 is 0.968 bits per heavy atom. The van der Waals surface area contributed by atoms with Crippen molar-refractivity contribution in [3.8, 4) is 17.6 Å². The Bertz CT molecular complexity index is 894. The number of methoxy groups -OCH3 is 2. The molecule has 0 heterocycles. The van der Waals surface area contributed by atoms with Crippen molar-refractivity contribution in [2.24, 2.45) is 0 Å². The van der Waals surface area contributed by atoms with Crippen LogP contribution in [0.5, 0.6) is 11.5 Å². The predicted octanol–water partition coefficient (Wildman–Crippen LogP) is 3.42. The molecule has 0 saturated carbocycles. The molecule has 6 nitrogen and oxygen atoms in total. The summed E-state index contributed by atoms with van der Waals surface area (Å²) in [6.07, 6.45) is 2.49. The average molecular weight is 427 g/mol. The lowest BCUT2D eigenvalue weighted by atomic mass is 9.79. The zero-order valence-corrected chi connectivity index (χ0v) is 19.0. The second-order valence-corrected chi connectivity index (χ2v) is 8.09. The third-order valence-electron chi connectivity index (χ3n) is 5.88. The van der Waals surface area contributed by atoms with Gasteiger partial charge < -0.3 is 24.6 Å². The van der Waals surface area contributed by atoms with E-state index < -0.39 is 5.41 Å². The Balaban J connectivity index is 1.91. The molecule has 2 rings (SSSR count). The fourth-order valence-electron chi connectivity index (χ4n) is 3.71. The summed E-state index contributed by atoms with van der Waals surface area (Å²) in [7, 11) is 5.36. The van der Waals surface area contributed by atoms with Gasteiger partial charge >= 0.3 is 0 Å². The van der Waals surface area contributed by atoms with Gasteiger partial charge in [-0.2, -0.15) is 5.26 Å². The molecule has 0 aromatic heterocycles. The van der Waals surface area contributed by atoms with Crippen molar-refractivity contribution in [2.75, 3.05) is 34.4 Å². The van der Waals surface area contributed by atoms with E-state index in [9.17, 15) is 15.5 Å². The Morgan fingerprint density at radius 3 is 2.29 bits per heavy atom.